The van der Waals surface area contributed by atoms with Gasteiger partial charge < -0.3 is 5.32 Å². The summed E-state index contributed by atoms with van der Waals surface area (Å²) in [5, 5.41) is 3.14. The van der Waals surface area contributed by atoms with E-state index in [0.717, 1.165) is 37.7 Å². The molecule has 0 atom stereocenters. The Morgan fingerprint density at radius 2 is 2.21 bits per heavy atom. The van der Waals surface area contributed by atoms with Crippen molar-refractivity contribution in [1.29, 1.82) is 0 Å². The van der Waals surface area contributed by atoms with E-state index in [9.17, 15) is 9.59 Å². The molecule has 0 aromatic heterocycles. The topological polar surface area (TPSA) is 49.4 Å². The molecule has 0 aromatic carbocycles. The summed E-state index contributed by atoms with van der Waals surface area (Å²) in [5.74, 6) is 0.275. The predicted octanol–water partition coefficient (Wildman–Crippen LogP) is 1.07. The van der Waals surface area contributed by atoms with Crippen molar-refractivity contribution in [3.05, 3.63) is 0 Å². The predicted molar refractivity (Wildman–Crippen MR) is 57.3 cm³/mol. The van der Waals surface area contributed by atoms with Gasteiger partial charge in [-0.05, 0) is 25.9 Å². The molecule has 1 N–H and O–H groups in total. The summed E-state index contributed by atoms with van der Waals surface area (Å²) in [6.07, 6.45) is 1.95. The Morgan fingerprint density at radius 3 is 2.79 bits per heavy atom. The Labute approximate surface area is 88.4 Å². The van der Waals surface area contributed by atoms with Gasteiger partial charge in [0, 0.05) is 6.54 Å². The molecule has 1 aliphatic heterocycles. The van der Waals surface area contributed by atoms with E-state index < -0.39 is 0 Å². The molecule has 1 saturated heterocycles. The fourth-order valence-electron chi connectivity index (χ4n) is 1.26. The van der Waals surface area contributed by atoms with Gasteiger partial charge >= 0.3 is 0 Å². The van der Waals surface area contributed by atoms with Crippen LogP contribution in [-0.4, -0.2) is 41.4 Å². The van der Waals surface area contributed by atoms with Gasteiger partial charge in [-0.1, -0.05) is 18.7 Å². The van der Waals surface area contributed by atoms with Gasteiger partial charge in [-0.2, -0.15) is 0 Å². The zero-order valence-electron chi connectivity index (χ0n) is 8.41. The Morgan fingerprint density at radius 1 is 1.43 bits per heavy atom. The molecule has 0 unspecified atom stereocenters. The number of amides is 2. The Bertz CT molecular complexity index is 205. The first-order valence-corrected chi connectivity index (χ1v) is 5.92. The molecule has 1 fully saturated rings. The smallest absolute Gasteiger partial charge is 0.288 e. The van der Waals surface area contributed by atoms with Gasteiger partial charge in [-0.3, -0.25) is 14.5 Å². The van der Waals surface area contributed by atoms with Crippen LogP contribution in [0.25, 0.3) is 0 Å². The number of hydrogen-bond acceptors (Lipinski definition) is 4. The molecule has 0 spiro atoms. The fourth-order valence-corrected chi connectivity index (χ4v) is 2.01. The maximum Gasteiger partial charge on any atom is 0.288 e. The average molecular weight is 216 g/mol. The van der Waals surface area contributed by atoms with Crippen molar-refractivity contribution < 1.29 is 9.59 Å². The van der Waals surface area contributed by atoms with Crippen molar-refractivity contribution in [2.75, 3.05) is 25.4 Å². The third-order valence-corrected chi connectivity index (χ3v) is 2.86. The minimum absolute atomic E-state index is 0.0458. The first-order chi connectivity index (χ1) is 6.75. The molecule has 2 amide bonds. The number of hydrogen-bond donors (Lipinski definition) is 1. The van der Waals surface area contributed by atoms with Gasteiger partial charge in [0.25, 0.3) is 5.24 Å². The van der Waals surface area contributed by atoms with E-state index in [1.54, 1.807) is 0 Å². The lowest BCUT2D eigenvalue weighted by Gasteiger charge is -2.12. The van der Waals surface area contributed by atoms with Crippen molar-refractivity contribution in [3.63, 3.8) is 0 Å². The second-order valence-corrected chi connectivity index (χ2v) is 4.13. The molecule has 0 bridgehead atoms. The van der Waals surface area contributed by atoms with Crippen molar-refractivity contribution >= 4 is 22.9 Å². The molecule has 0 saturated carbocycles. The number of carbonyl (C=O) groups excluding carboxylic acids is 2. The number of nitrogens with zero attached hydrogens (tertiary/aromatic N) is 1. The molecular formula is C9H16N2O2S. The second-order valence-electron chi connectivity index (χ2n) is 3.20. The quantitative estimate of drug-likeness (QED) is 0.675. The van der Waals surface area contributed by atoms with E-state index in [1.807, 2.05) is 0 Å². The SMILES string of the molecule is CCCNCCCN1C(=O)CSC1=O. The van der Waals surface area contributed by atoms with Crippen LogP contribution in [0.2, 0.25) is 0 Å². The zero-order valence-corrected chi connectivity index (χ0v) is 9.23. The first kappa shape index (κ1) is 11.5. The summed E-state index contributed by atoms with van der Waals surface area (Å²) in [5.41, 5.74) is 0. The van der Waals surface area contributed by atoms with Gasteiger partial charge in [0.1, 0.15) is 0 Å². The van der Waals surface area contributed by atoms with Gasteiger partial charge in [-0.15, -0.1) is 0 Å². The van der Waals surface area contributed by atoms with Crippen LogP contribution in [0.15, 0.2) is 0 Å². The molecule has 1 heterocycles. The minimum atomic E-state index is -0.0921. The summed E-state index contributed by atoms with van der Waals surface area (Å²) < 4.78 is 0. The van der Waals surface area contributed by atoms with E-state index in [-0.39, 0.29) is 11.1 Å². The van der Waals surface area contributed by atoms with Crippen LogP contribution in [0.3, 0.4) is 0 Å². The van der Waals surface area contributed by atoms with E-state index >= 15 is 0 Å². The molecule has 80 valence electrons. The van der Waals surface area contributed by atoms with E-state index in [2.05, 4.69) is 12.2 Å². The number of imide groups is 1. The Hall–Kier alpha value is -0.550. The standard InChI is InChI=1S/C9H16N2O2S/c1-2-4-10-5-3-6-11-8(12)7-14-9(11)13/h10H,2-7H2,1H3. The maximum atomic E-state index is 11.2. The minimum Gasteiger partial charge on any atom is -0.317 e. The van der Waals surface area contributed by atoms with Crippen molar-refractivity contribution in [2.45, 2.75) is 19.8 Å². The molecule has 5 heteroatoms. The monoisotopic (exact) mass is 216 g/mol. The van der Waals surface area contributed by atoms with Crippen molar-refractivity contribution in [3.8, 4) is 0 Å². The van der Waals surface area contributed by atoms with Crippen LogP contribution < -0.4 is 5.32 Å². The number of thioether (sulfide) groups is 1. The third kappa shape index (κ3) is 3.31. The number of rotatable bonds is 6. The molecule has 0 radical (unpaired) electrons. The number of carbonyl (C=O) groups is 2. The van der Waals surface area contributed by atoms with Crippen molar-refractivity contribution in [1.82, 2.24) is 10.2 Å². The molecule has 1 aliphatic rings. The lowest BCUT2D eigenvalue weighted by Crippen LogP contribution is -2.31. The summed E-state index contributed by atoms with van der Waals surface area (Å²) in [6.45, 7) is 4.53. The van der Waals surface area contributed by atoms with Gasteiger partial charge in [0.2, 0.25) is 5.91 Å². The molecule has 0 aliphatic carbocycles. The highest BCUT2D eigenvalue weighted by Crippen LogP contribution is 2.18. The maximum absolute atomic E-state index is 11.2. The Kier molecular flexibility index (Phi) is 4.97. The highest BCUT2D eigenvalue weighted by Gasteiger charge is 2.28. The normalized spacial score (nSPS) is 16.8. The molecule has 1 rings (SSSR count). The molecule has 4 nitrogen and oxygen atoms in total. The first-order valence-electron chi connectivity index (χ1n) is 4.93. The van der Waals surface area contributed by atoms with E-state index in [0.29, 0.717) is 12.3 Å². The van der Waals surface area contributed by atoms with Crippen LogP contribution in [0.4, 0.5) is 4.79 Å². The zero-order chi connectivity index (χ0) is 10.4. The van der Waals surface area contributed by atoms with Crippen LogP contribution in [0.5, 0.6) is 0 Å². The van der Waals surface area contributed by atoms with Crippen LogP contribution in [0.1, 0.15) is 19.8 Å². The van der Waals surface area contributed by atoms with Gasteiger partial charge in [-0.25, -0.2) is 0 Å². The van der Waals surface area contributed by atoms with E-state index in [1.165, 1.54) is 4.90 Å². The number of nitrogens with one attached hydrogen (secondary N) is 1. The van der Waals surface area contributed by atoms with Crippen LogP contribution >= 0.6 is 11.8 Å². The Balaban J connectivity index is 2.11. The summed E-state index contributed by atoms with van der Waals surface area (Å²) in [7, 11) is 0. The highest BCUT2D eigenvalue weighted by atomic mass is 32.2. The third-order valence-electron chi connectivity index (χ3n) is 2.00. The fraction of sp³-hybridized carbons (Fsp3) is 0.778. The molecular weight excluding hydrogens is 200 g/mol. The second kappa shape index (κ2) is 6.03. The lowest BCUT2D eigenvalue weighted by atomic mass is 10.3. The summed E-state index contributed by atoms with van der Waals surface area (Å²) >= 11 is 1.10. The molecule has 0 aromatic rings. The van der Waals surface area contributed by atoms with E-state index in [4.69, 9.17) is 0 Å². The van der Waals surface area contributed by atoms with Crippen LogP contribution in [0, 0.1) is 0 Å². The van der Waals surface area contributed by atoms with Crippen LogP contribution in [-0.2, 0) is 4.79 Å². The lowest BCUT2D eigenvalue weighted by molar-refractivity contribution is -0.124. The van der Waals surface area contributed by atoms with Gasteiger partial charge in [0.15, 0.2) is 0 Å². The summed E-state index contributed by atoms with van der Waals surface area (Å²) in [4.78, 5) is 23.7. The summed E-state index contributed by atoms with van der Waals surface area (Å²) in [6, 6.07) is 0. The average Bonchev–Trinajstić information content (AvgIpc) is 2.48. The highest BCUT2D eigenvalue weighted by molar-refractivity contribution is 8.14. The van der Waals surface area contributed by atoms with Crippen molar-refractivity contribution in [2.24, 2.45) is 0 Å². The largest absolute Gasteiger partial charge is 0.317 e. The molecule has 14 heavy (non-hydrogen) atoms. The van der Waals surface area contributed by atoms with Gasteiger partial charge in [0.05, 0.1) is 5.75 Å².